The fourth-order valence-corrected chi connectivity index (χ4v) is 2.14. The number of nitrogens with zero attached hydrogens (tertiary/aromatic N) is 3. The van der Waals surface area contributed by atoms with Crippen LogP contribution < -0.4 is 4.90 Å². The summed E-state index contributed by atoms with van der Waals surface area (Å²) in [7, 11) is 2.16. The van der Waals surface area contributed by atoms with Gasteiger partial charge in [-0.1, -0.05) is 0 Å². The van der Waals surface area contributed by atoms with Gasteiger partial charge in [-0.25, -0.2) is 4.98 Å². The van der Waals surface area contributed by atoms with E-state index < -0.39 is 6.10 Å². The lowest BCUT2D eigenvalue weighted by atomic mass is 10.1. The van der Waals surface area contributed by atoms with Gasteiger partial charge in [-0.05, 0) is 44.6 Å². The van der Waals surface area contributed by atoms with Gasteiger partial charge in [-0.3, -0.25) is 0 Å². The van der Waals surface area contributed by atoms with Crippen LogP contribution in [-0.2, 0) is 0 Å². The average molecular weight is 235 g/mol. The summed E-state index contributed by atoms with van der Waals surface area (Å²) < 4.78 is 0. The Bertz CT molecular complexity index is 367. The summed E-state index contributed by atoms with van der Waals surface area (Å²) in [6.07, 6.45) is 2.52. The summed E-state index contributed by atoms with van der Waals surface area (Å²) in [5, 5.41) is 9.59. The molecule has 1 aromatic heterocycles. The van der Waals surface area contributed by atoms with E-state index in [1.807, 2.05) is 12.1 Å². The zero-order chi connectivity index (χ0) is 12.3. The molecule has 1 aliphatic heterocycles. The second-order valence-electron chi connectivity index (χ2n) is 4.77. The van der Waals surface area contributed by atoms with Crippen molar-refractivity contribution in [3.8, 4) is 0 Å². The summed E-state index contributed by atoms with van der Waals surface area (Å²) in [6, 6.07) is 3.87. The van der Waals surface area contributed by atoms with Crippen molar-refractivity contribution in [3.63, 3.8) is 0 Å². The van der Waals surface area contributed by atoms with E-state index in [1.54, 1.807) is 13.1 Å². The highest BCUT2D eigenvalue weighted by molar-refractivity contribution is 5.41. The molecule has 94 valence electrons. The number of rotatable bonds is 2. The molecular weight excluding hydrogens is 214 g/mol. The normalized spacial score (nSPS) is 20.1. The Balaban J connectivity index is 2.13. The summed E-state index contributed by atoms with van der Waals surface area (Å²) >= 11 is 0. The Morgan fingerprint density at radius 1 is 1.29 bits per heavy atom. The summed E-state index contributed by atoms with van der Waals surface area (Å²) in [6.45, 7) is 6.05. The van der Waals surface area contributed by atoms with Gasteiger partial charge in [0.1, 0.15) is 5.82 Å². The molecule has 0 aliphatic carbocycles. The molecule has 1 saturated heterocycles. The molecule has 0 unspecified atom stereocenters. The first-order valence-electron chi connectivity index (χ1n) is 6.24. The van der Waals surface area contributed by atoms with Crippen LogP contribution in [0.5, 0.6) is 0 Å². The van der Waals surface area contributed by atoms with Crippen LogP contribution in [0.1, 0.15) is 25.0 Å². The van der Waals surface area contributed by atoms with Crippen LogP contribution in [-0.4, -0.2) is 48.2 Å². The van der Waals surface area contributed by atoms with Crippen molar-refractivity contribution < 1.29 is 5.11 Å². The molecule has 0 amide bonds. The van der Waals surface area contributed by atoms with E-state index in [9.17, 15) is 5.11 Å². The minimum Gasteiger partial charge on any atom is -0.389 e. The summed E-state index contributed by atoms with van der Waals surface area (Å²) in [5.74, 6) is 0.985. The van der Waals surface area contributed by atoms with E-state index in [0.717, 1.165) is 44.0 Å². The number of likely N-dealkylation sites (N-methyl/N-ethyl adjacent to an activating group) is 1. The largest absolute Gasteiger partial charge is 0.389 e. The SMILES string of the molecule is C[C@H](O)c1ccnc(N2CCCN(C)CC2)c1. The van der Waals surface area contributed by atoms with Crippen molar-refractivity contribution in [2.75, 3.05) is 38.1 Å². The van der Waals surface area contributed by atoms with Gasteiger partial charge in [0, 0.05) is 25.8 Å². The molecule has 4 nitrogen and oxygen atoms in total. The highest BCUT2D eigenvalue weighted by Gasteiger charge is 2.14. The van der Waals surface area contributed by atoms with Crippen LogP contribution in [0.25, 0.3) is 0 Å². The quantitative estimate of drug-likeness (QED) is 0.838. The standard InChI is InChI=1S/C13H21N3O/c1-11(17)12-4-5-14-13(10-12)16-7-3-6-15(2)8-9-16/h4-5,10-11,17H,3,6-9H2,1-2H3/t11-/m0/s1. The zero-order valence-electron chi connectivity index (χ0n) is 10.6. The first-order chi connectivity index (χ1) is 8.16. The second-order valence-corrected chi connectivity index (χ2v) is 4.77. The minimum absolute atomic E-state index is 0.425. The molecule has 17 heavy (non-hydrogen) atoms. The number of pyridine rings is 1. The van der Waals surface area contributed by atoms with Gasteiger partial charge in [-0.2, -0.15) is 0 Å². The lowest BCUT2D eigenvalue weighted by Gasteiger charge is -2.22. The third-order valence-electron chi connectivity index (χ3n) is 3.30. The molecule has 1 atom stereocenters. The van der Waals surface area contributed by atoms with E-state index in [2.05, 4.69) is 21.8 Å². The van der Waals surface area contributed by atoms with Crippen molar-refractivity contribution in [1.82, 2.24) is 9.88 Å². The Kier molecular flexibility index (Phi) is 3.97. The Hall–Kier alpha value is -1.13. The zero-order valence-corrected chi connectivity index (χ0v) is 10.6. The molecule has 0 aromatic carbocycles. The Morgan fingerprint density at radius 2 is 2.12 bits per heavy atom. The fraction of sp³-hybridized carbons (Fsp3) is 0.615. The molecule has 0 radical (unpaired) electrons. The monoisotopic (exact) mass is 235 g/mol. The van der Waals surface area contributed by atoms with Crippen molar-refractivity contribution in [3.05, 3.63) is 23.9 Å². The number of anilines is 1. The number of hydrogen-bond acceptors (Lipinski definition) is 4. The lowest BCUT2D eigenvalue weighted by Crippen LogP contribution is -2.29. The van der Waals surface area contributed by atoms with Crippen molar-refractivity contribution >= 4 is 5.82 Å². The minimum atomic E-state index is -0.425. The lowest BCUT2D eigenvalue weighted by molar-refractivity contribution is 0.199. The fourth-order valence-electron chi connectivity index (χ4n) is 2.14. The molecule has 0 saturated carbocycles. The second kappa shape index (κ2) is 5.47. The highest BCUT2D eigenvalue weighted by atomic mass is 16.3. The number of aliphatic hydroxyl groups excluding tert-OH is 1. The van der Waals surface area contributed by atoms with Crippen LogP contribution in [0.4, 0.5) is 5.82 Å². The first kappa shape index (κ1) is 12.3. The predicted octanol–water partition coefficient (Wildman–Crippen LogP) is 1.28. The van der Waals surface area contributed by atoms with Gasteiger partial charge in [0.25, 0.3) is 0 Å². The molecule has 2 heterocycles. The molecule has 1 fully saturated rings. The van der Waals surface area contributed by atoms with Gasteiger partial charge >= 0.3 is 0 Å². The Morgan fingerprint density at radius 3 is 2.88 bits per heavy atom. The van der Waals surface area contributed by atoms with E-state index in [1.165, 1.54) is 0 Å². The molecule has 4 heteroatoms. The van der Waals surface area contributed by atoms with Crippen LogP contribution >= 0.6 is 0 Å². The molecule has 0 spiro atoms. The predicted molar refractivity (Wildman–Crippen MR) is 69.2 cm³/mol. The van der Waals surface area contributed by atoms with Crippen LogP contribution in [0.2, 0.25) is 0 Å². The van der Waals surface area contributed by atoms with Crippen LogP contribution in [0, 0.1) is 0 Å². The maximum atomic E-state index is 9.59. The van der Waals surface area contributed by atoms with Crippen molar-refractivity contribution in [2.45, 2.75) is 19.4 Å². The third kappa shape index (κ3) is 3.17. The van der Waals surface area contributed by atoms with Crippen molar-refractivity contribution in [2.24, 2.45) is 0 Å². The third-order valence-corrected chi connectivity index (χ3v) is 3.30. The van der Waals surface area contributed by atoms with E-state index >= 15 is 0 Å². The maximum Gasteiger partial charge on any atom is 0.128 e. The molecular formula is C13H21N3O. The van der Waals surface area contributed by atoms with Gasteiger partial charge in [-0.15, -0.1) is 0 Å². The number of aliphatic hydroxyl groups is 1. The van der Waals surface area contributed by atoms with E-state index in [0.29, 0.717) is 0 Å². The highest BCUT2D eigenvalue weighted by Crippen LogP contribution is 2.18. The van der Waals surface area contributed by atoms with Gasteiger partial charge in [0.2, 0.25) is 0 Å². The number of aromatic nitrogens is 1. The van der Waals surface area contributed by atoms with Crippen molar-refractivity contribution in [1.29, 1.82) is 0 Å². The molecule has 1 N–H and O–H groups in total. The number of hydrogen-bond donors (Lipinski definition) is 1. The molecule has 1 aliphatic rings. The first-order valence-corrected chi connectivity index (χ1v) is 6.24. The van der Waals surface area contributed by atoms with Gasteiger partial charge in [0.15, 0.2) is 0 Å². The van der Waals surface area contributed by atoms with E-state index in [4.69, 9.17) is 0 Å². The average Bonchev–Trinajstić information content (AvgIpc) is 2.54. The Labute approximate surface area is 103 Å². The van der Waals surface area contributed by atoms with Gasteiger partial charge < -0.3 is 14.9 Å². The van der Waals surface area contributed by atoms with E-state index in [-0.39, 0.29) is 0 Å². The topological polar surface area (TPSA) is 39.6 Å². The maximum absolute atomic E-state index is 9.59. The van der Waals surface area contributed by atoms with Crippen LogP contribution in [0.15, 0.2) is 18.3 Å². The molecule has 0 bridgehead atoms. The molecule has 2 rings (SSSR count). The smallest absolute Gasteiger partial charge is 0.128 e. The molecule has 1 aromatic rings. The van der Waals surface area contributed by atoms with Gasteiger partial charge in [0.05, 0.1) is 6.10 Å². The summed E-state index contributed by atoms with van der Waals surface area (Å²) in [5.41, 5.74) is 0.938. The summed E-state index contributed by atoms with van der Waals surface area (Å²) in [4.78, 5) is 9.06. The van der Waals surface area contributed by atoms with Crippen LogP contribution in [0.3, 0.4) is 0 Å².